The lowest BCUT2D eigenvalue weighted by molar-refractivity contribution is -0.123. The van der Waals surface area contributed by atoms with Crippen molar-refractivity contribution in [3.63, 3.8) is 0 Å². The summed E-state index contributed by atoms with van der Waals surface area (Å²) in [6.45, 7) is 4.17. The molecular weight excluding hydrogens is 235 g/mol. The van der Waals surface area contributed by atoms with Gasteiger partial charge in [0.25, 0.3) is 5.91 Å². The van der Waals surface area contributed by atoms with Crippen molar-refractivity contribution in [1.82, 2.24) is 10.6 Å². The molecule has 0 fully saturated rings. The molecule has 0 aromatic heterocycles. The molecule has 1 aromatic carbocycles. The molecule has 0 atom stereocenters. The molecule has 100 valence electrons. The Hall–Kier alpha value is -1.62. The van der Waals surface area contributed by atoms with Crippen LogP contribution in [0.1, 0.15) is 19.4 Å². The number of benzene rings is 1. The van der Waals surface area contributed by atoms with Gasteiger partial charge >= 0.3 is 0 Å². The summed E-state index contributed by atoms with van der Waals surface area (Å²) in [4.78, 5) is 11.4. The van der Waals surface area contributed by atoms with E-state index in [2.05, 4.69) is 10.6 Å². The molecule has 0 heterocycles. The van der Waals surface area contributed by atoms with E-state index in [1.165, 1.54) is 18.2 Å². The predicted molar refractivity (Wildman–Crippen MR) is 67.9 cm³/mol. The highest BCUT2D eigenvalue weighted by molar-refractivity contribution is 5.77. The highest BCUT2D eigenvalue weighted by Crippen LogP contribution is 2.19. The largest absolute Gasteiger partial charge is 0.483 e. The van der Waals surface area contributed by atoms with Gasteiger partial charge in [0.05, 0.1) is 0 Å². The topological polar surface area (TPSA) is 50.4 Å². The Morgan fingerprint density at radius 2 is 2.17 bits per heavy atom. The maximum atomic E-state index is 13.1. The van der Waals surface area contributed by atoms with Gasteiger partial charge in [-0.15, -0.1) is 0 Å². The summed E-state index contributed by atoms with van der Waals surface area (Å²) in [7, 11) is 1.76. The van der Waals surface area contributed by atoms with Gasteiger partial charge in [0.1, 0.15) is 11.6 Å². The van der Waals surface area contributed by atoms with Gasteiger partial charge in [-0.3, -0.25) is 4.79 Å². The standard InChI is InChI=1S/C13H19FN2O2/c1-9(2)16-13(17)8-18-12-5-4-11(14)6-10(12)7-15-3/h4-6,9,15H,7-8H2,1-3H3,(H,16,17). The highest BCUT2D eigenvalue weighted by atomic mass is 19.1. The van der Waals surface area contributed by atoms with Gasteiger partial charge in [-0.2, -0.15) is 0 Å². The molecule has 1 amide bonds. The van der Waals surface area contributed by atoms with E-state index in [0.717, 1.165) is 0 Å². The molecule has 1 aromatic rings. The first-order valence-corrected chi connectivity index (χ1v) is 5.88. The molecule has 0 saturated carbocycles. The van der Waals surface area contributed by atoms with Gasteiger partial charge in [-0.25, -0.2) is 4.39 Å². The SMILES string of the molecule is CNCc1cc(F)ccc1OCC(=O)NC(C)C. The smallest absolute Gasteiger partial charge is 0.258 e. The Labute approximate surface area is 107 Å². The quantitative estimate of drug-likeness (QED) is 0.808. The number of amides is 1. The third-order valence-electron chi connectivity index (χ3n) is 2.20. The van der Waals surface area contributed by atoms with Crippen molar-refractivity contribution in [2.24, 2.45) is 0 Å². The zero-order valence-electron chi connectivity index (χ0n) is 10.9. The molecule has 18 heavy (non-hydrogen) atoms. The molecule has 0 unspecified atom stereocenters. The Kier molecular flexibility index (Phi) is 5.58. The minimum Gasteiger partial charge on any atom is -0.483 e. The van der Waals surface area contributed by atoms with Gasteiger partial charge < -0.3 is 15.4 Å². The number of hydrogen-bond donors (Lipinski definition) is 2. The first kappa shape index (κ1) is 14.4. The lowest BCUT2D eigenvalue weighted by atomic mass is 10.2. The van der Waals surface area contributed by atoms with E-state index in [-0.39, 0.29) is 24.4 Å². The fourth-order valence-electron chi connectivity index (χ4n) is 1.52. The van der Waals surface area contributed by atoms with Crippen LogP contribution in [0.25, 0.3) is 0 Å². The fraction of sp³-hybridized carbons (Fsp3) is 0.462. The maximum absolute atomic E-state index is 13.1. The van der Waals surface area contributed by atoms with Gasteiger partial charge in [-0.05, 0) is 39.1 Å². The lowest BCUT2D eigenvalue weighted by Crippen LogP contribution is -2.34. The van der Waals surface area contributed by atoms with Crippen molar-refractivity contribution < 1.29 is 13.9 Å². The second-order valence-corrected chi connectivity index (χ2v) is 4.29. The van der Waals surface area contributed by atoms with Crippen LogP contribution in [-0.2, 0) is 11.3 Å². The third-order valence-corrected chi connectivity index (χ3v) is 2.20. The molecule has 0 aliphatic carbocycles. The molecule has 0 saturated heterocycles. The van der Waals surface area contributed by atoms with Crippen LogP contribution in [-0.4, -0.2) is 25.6 Å². The average molecular weight is 254 g/mol. The normalized spacial score (nSPS) is 10.5. The van der Waals surface area contributed by atoms with E-state index in [1.807, 2.05) is 13.8 Å². The number of carbonyl (C=O) groups is 1. The minimum absolute atomic E-state index is 0.0689. The molecule has 4 nitrogen and oxygen atoms in total. The van der Waals surface area contributed by atoms with Gasteiger partial charge in [-0.1, -0.05) is 0 Å². The van der Waals surface area contributed by atoms with E-state index < -0.39 is 0 Å². The van der Waals surface area contributed by atoms with Crippen molar-refractivity contribution in [3.8, 4) is 5.75 Å². The predicted octanol–water partition coefficient (Wildman–Crippen LogP) is 1.45. The molecule has 0 aliphatic rings. The van der Waals surface area contributed by atoms with Crippen LogP contribution < -0.4 is 15.4 Å². The van der Waals surface area contributed by atoms with Crippen molar-refractivity contribution >= 4 is 5.91 Å². The average Bonchev–Trinajstić information content (AvgIpc) is 2.27. The zero-order valence-corrected chi connectivity index (χ0v) is 10.9. The number of carbonyl (C=O) groups excluding carboxylic acids is 1. The number of ether oxygens (including phenoxy) is 1. The highest BCUT2D eigenvalue weighted by Gasteiger charge is 2.08. The summed E-state index contributed by atoms with van der Waals surface area (Å²) in [5.41, 5.74) is 0.690. The van der Waals surface area contributed by atoms with E-state index in [0.29, 0.717) is 17.9 Å². The molecule has 0 radical (unpaired) electrons. The van der Waals surface area contributed by atoms with Crippen molar-refractivity contribution in [2.45, 2.75) is 26.4 Å². The summed E-state index contributed by atoms with van der Waals surface area (Å²) in [5, 5.41) is 5.65. The molecule has 0 bridgehead atoms. The van der Waals surface area contributed by atoms with Crippen molar-refractivity contribution in [3.05, 3.63) is 29.6 Å². The zero-order chi connectivity index (χ0) is 13.5. The van der Waals surface area contributed by atoms with Crippen LogP contribution in [0.2, 0.25) is 0 Å². The van der Waals surface area contributed by atoms with Gasteiger partial charge in [0.2, 0.25) is 0 Å². The number of nitrogens with one attached hydrogen (secondary N) is 2. The second-order valence-electron chi connectivity index (χ2n) is 4.29. The summed E-state index contributed by atoms with van der Waals surface area (Å²) < 4.78 is 18.5. The van der Waals surface area contributed by atoms with Crippen molar-refractivity contribution in [1.29, 1.82) is 0 Å². The molecule has 2 N–H and O–H groups in total. The molecule has 1 rings (SSSR count). The van der Waals surface area contributed by atoms with Crippen LogP contribution >= 0.6 is 0 Å². The Bertz CT molecular complexity index is 408. The summed E-state index contributed by atoms with van der Waals surface area (Å²) in [6, 6.07) is 4.32. The second kappa shape index (κ2) is 6.96. The summed E-state index contributed by atoms with van der Waals surface area (Å²) in [5.74, 6) is 0.00798. The summed E-state index contributed by atoms with van der Waals surface area (Å²) in [6.07, 6.45) is 0. The van der Waals surface area contributed by atoms with E-state index in [9.17, 15) is 9.18 Å². The number of hydrogen-bond acceptors (Lipinski definition) is 3. The van der Waals surface area contributed by atoms with Crippen LogP contribution in [0, 0.1) is 5.82 Å². The first-order chi connectivity index (χ1) is 8.52. The maximum Gasteiger partial charge on any atom is 0.258 e. The van der Waals surface area contributed by atoms with Gasteiger partial charge in [0, 0.05) is 18.2 Å². The molecule has 0 aliphatic heterocycles. The Balaban J connectivity index is 2.63. The van der Waals surface area contributed by atoms with Gasteiger partial charge in [0.15, 0.2) is 6.61 Å². The van der Waals surface area contributed by atoms with Crippen LogP contribution in [0.15, 0.2) is 18.2 Å². The number of rotatable bonds is 6. The van der Waals surface area contributed by atoms with E-state index in [1.54, 1.807) is 7.05 Å². The molecular formula is C13H19FN2O2. The van der Waals surface area contributed by atoms with E-state index >= 15 is 0 Å². The van der Waals surface area contributed by atoms with Crippen molar-refractivity contribution in [2.75, 3.05) is 13.7 Å². The monoisotopic (exact) mass is 254 g/mol. The van der Waals surface area contributed by atoms with Crippen LogP contribution in [0.5, 0.6) is 5.75 Å². The first-order valence-electron chi connectivity index (χ1n) is 5.88. The third kappa shape index (κ3) is 4.71. The lowest BCUT2D eigenvalue weighted by Gasteiger charge is -2.12. The Morgan fingerprint density at radius 3 is 2.78 bits per heavy atom. The van der Waals surface area contributed by atoms with Crippen LogP contribution in [0.4, 0.5) is 4.39 Å². The molecule has 5 heteroatoms. The number of halogens is 1. The minimum atomic E-state index is -0.320. The fourth-order valence-corrected chi connectivity index (χ4v) is 1.52. The molecule has 0 spiro atoms. The van der Waals surface area contributed by atoms with Crippen LogP contribution in [0.3, 0.4) is 0 Å². The van der Waals surface area contributed by atoms with E-state index in [4.69, 9.17) is 4.74 Å². The Morgan fingerprint density at radius 1 is 1.44 bits per heavy atom. The summed E-state index contributed by atoms with van der Waals surface area (Å²) >= 11 is 0.